The Hall–Kier alpha value is -2.47. The van der Waals surface area contributed by atoms with Crippen molar-refractivity contribution in [2.24, 2.45) is 0 Å². The molecule has 9 nitrogen and oxygen atoms in total. The topological polar surface area (TPSA) is 105 Å². The molecule has 13 heteroatoms. The van der Waals surface area contributed by atoms with Crippen LogP contribution in [0.4, 0.5) is 4.39 Å². The second-order valence-corrected chi connectivity index (χ2v) is 9.08. The standard InChI is InChI=1S/C19H12ClFN4O5S2/c1-31-18-13(11(7-26)28-16(27)10-5-3-2-4-6-10)29-19(17(18)21,32-30-18)25-9-24-12-14(20)22-8-23-15(12)25/h2-6,8-9,13,17H,1H3/t13-,17+,18+,19+/m1/s1. The van der Waals surface area contributed by atoms with Gasteiger partial charge in [0.1, 0.15) is 18.2 Å². The van der Waals surface area contributed by atoms with E-state index in [-0.39, 0.29) is 21.9 Å². The van der Waals surface area contributed by atoms with Crippen molar-refractivity contribution in [1.82, 2.24) is 19.5 Å². The first-order chi connectivity index (χ1) is 15.5. The van der Waals surface area contributed by atoms with Crippen molar-refractivity contribution in [2.75, 3.05) is 6.26 Å². The molecular weight excluding hydrogens is 483 g/mol. The van der Waals surface area contributed by atoms with Crippen LogP contribution < -0.4 is 0 Å². The summed E-state index contributed by atoms with van der Waals surface area (Å²) in [5.41, 5.74) is 0.654. The first kappa shape index (κ1) is 21.4. The molecule has 0 radical (unpaired) electrons. The van der Waals surface area contributed by atoms with E-state index in [0.717, 1.165) is 11.8 Å². The maximum Gasteiger partial charge on any atom is 0.344 e. The van der Waals surface area contributed by atoms with Crippen molar-refractivity contribution in [2.45, 2.75) is 22.3 Å². The molecule has 4 atom stereocenters. The van der Waals surface area contributed by atoms with Crippen molar-refractivity contribution in [3.8, 4) is 0 Å². The SMILES string of the molecule is CS[C@@]12OS[C@@](n3cnc4c(Cl)ncnc43)(O[C@@H]1C(=C=O)OC(=O)c1ccccc1)[C@H]2F. The molecule has 0 aliphatic carbocycles. The number of thioether (sulfide) groups is 1. The molecule has 0 N–H and O–H groups in total. The second kappa shape index (κ2) is 7.84. The summed E-state index contributed by atoms with van der Waals surface area (Å²) in [6, 6.07) is 8.04. The maximum atomic E-state index is 16.0. The predicted octanol–water partition coefficient (Wildman–Crippen LogP) is 3.14. The van der Waals surface area contributed by atoms with Gasteiger partial charge in [0.15, 0.2) is 27.8 Å². The Bertz CT molecular complexity index is 1270. The summed E-state index contributed by atoms with van der Waals surface area (Å²) in [6.45, 7) is 0. The number of hydrogen-bond acceptors (Lipinski definition) is 10. The van der Waals surface area contributed by atoms with Gasteiger partial charge in [-0.2, -0.15) is 0 Å². The Balaban J connectivity index is 1.54. The van der Waals surface area contributed by atoms with Crippen LogP contribution >= 0.6 is 35.4 Å². The van der Waals surface area contributed by atoms with Gasteiger partial charge in [-0.15, -0.1) is 11.8 Å². The van der Waals surface area contributed by atoms with Gasteiger partial charge in [-0.1, -0.05) is 29.8 Å². The van der Waals surface area contributed by atoms with Crippen LogP contribution in [0.3, 0.4) is 0 Å². The van der Waals surface area contributed by atoms with E-state index >= 15 is 4.39 Å². The lowest BCUT2D eigenvalue weighted by atomic mass is 10.1. The van der Waals surface area contributed by atoms with E-state index in [1.807, 2.05) is 0 Å². The van der Waals surface area contributed by atoms with Crippen LogP contribution in [-0.2, 0) is 23.5 Å². The summed E-state index contributed by atoms with van der Waals surface area (Å²) < 4.78 is 34.3. The van der Waals surface area contributed by atoms with Crippen molar-refractivity contribution < 1.29 is 27.6 Å². The lowest BCUT2D eigenvalue weighted by Crippen LogP contribution is -2.43. The van der Waals surface area contributed by atoms with Crippen LogP contribution in [0.5, 0.6) is 0 Å². The van der Waals surface area contributed by atoms with Crippen molar-refractivity contribution >= 4 is 58.5 Å². The third kappa shape index (κ3) is 2.92. The van der Waals surface area contributed by atoms with Gasteiger partial charge in [0, 0.05) is 0 Å². The molecule has 2 aliphatic heterocycles. The Kier molecular flexibility index (Phi) is 5.24. The van der Waals surface area contributed by atoms with Gasteiger partial charge in [0.25, 0.3) is 5.06 Å². The molecule has 2 aromatic heterocycles. The summed E-state index contributed by atoms with van der Waals surface area (Å²) in [6.07, 6.45) is 0.906. The van der Waals surface area contributed by atoms with E-state index in [4.69, 9.17) is 25.3 Å². The molecule has 164 valence electrons. The van der Waals surface area contributed by atoms with Crippen molar-refractivity contribution in [3.63, 3.8) is 0 Å². The quantitative estimate of drug-likeness (QED) is 0.173. The number of nitrogens with zero attached hydrogens (tertiary/aromatic N) is 4. The van der Waals surface area contributed by atoms with Gasteiger partial charge in [0.2, 0.25) is 11.9 Å². The highest BCUT2D eigenvalue weighted by molar-refractivity contribution is 8.02. The number of ether oxygens (including phenoxy) is 2. The molecule has 2 saturated heterocycles. The average molecular weight is 495 g/mol. The number of imidazole rings is 1. The van der Waals surface area contributed by atoms with Crippen molar-refractivity contribution in [1.29, 1.82) is 0 Å². The van der Waals surface area contributed by atoms with Crippen LogP contribution in [0.25, 0.3) is 11.2 Å². The molecule has 3 aromatic rings. The van der Waals surface area contributed by atoms with Crippen LogP contribution in [-0.4, -0.2) is 54.9 Å². The number of alkyl halides is 1. The number of carbonyl (C=O) groups is 1. The number of rotatable bonds is 5. The minimum Gasteiger partial charge on any atom is -0.412 e. The molecule has 0 unspecified atom stereocenters. The van der Waals surface area contributed by atoms with E-state index < -0.39 is 34.0 Å². The van der Waals surface area contributed by atoms with Gasteiger partial charge in [0.05, 0.1) is 17.6 Å². The smallest absolute Gasteiger partial charge is 0.344 e. The lowest BCUT2D eigenvalue weighted by Gasteiger charge is -2.32. The highest BCUT2D eigenvalue weighted by atomic mass is 35.5. The molecule has 0 amide bonds. The zero-order valence-corrected chi connectivity index (χ0v) is 18.5. The zero-order chi connectivity index (χ0) is 22.5. The van der Waals surface area contributed by atoms with Crippen LogP contribution in [0.2, 0.25) is 5.15 Å². The number of carbonyl (C=O) groups excluding carboxylic acids is 2. The van der Waals surface area contributed by atoms with E-state index in [0.29, 0.717) is 12.0 Å². The number of halogens is 2. The Morgan fingerprint density at radius 1 is 1.34 bits per heavy atom. The minimum atomic E-state index is -1.81. The van der Waals surface area contributed by atoms with Gasteiger partial charge in [-0.25, -0.2) is 28.9 Å². The fourth-order valence-corrected chi connectivity index (χ4v) is 5.96. The molecule has 2 bridgehead atoms. The summed E-state index contributed by atoms with van der Waals surface area (Å²) in [4.78, 5) is 34.7. The molecule has 0 saturated carbocycles. The van der Waals surface area contributed by atoms with Gasteiger partial charge < -0.3 is 9.47 Å². The highest BCUT2D eigenvalue weighted by Crippen LogP contribution is 2.65. The number of benzene rings is 1. The summed E-state index contributed by atoms with van der Waals surface area (Å²) >= 11 is 7.76. The Labute approximate surface area is 193 Å². The van der Waals surface area contributed by atoms with Gasteiger partial charge in [-0.3, -0.25) is 8.75 Å². The largest absolute Gasteiger partial charge is 0.412 e. The number of fused-ring (bicyclic) bond motifs is 3. The first-order valence-corrected chi connectivity index (χ1v) is 11.4. The zero-order valence-electron chi connectivity index (χ0n) is 16.1. The maximum absolute atomic E-state index is 16.0. The number of esters is 1. The number of hydrogen-bond donors (Lipinski definition) is 0. The molecule has 4 heterocycles. The average Bonchev–Trinajstić information content (AvgIpc) is 3.46. The summed E-state index contributed by atoms with van der Waals surface area (Å²) in [5, 5.41) is -1.72. The monoisotopic (exact) mass is 494 g/mol. The minimum absolute atomic E-state index is 0.0837. The third-order valence-corrected chi connectivity index (χ3v) is 7.73. The fourth-order valence-electron chi connectivity index (χ4n) is 3.57. The Morgan fingerprint density at radius 3 is 2.84 bits per heavy atom. The van der Waals surface area contributed by atoms with Crippen molar-refractivity contribution in [3.05, 3.63) is 59.5 Å². The summed E-state index contributed by atoms with van der Waals surface area (Å²) in [7, 11) is 0. The molecule has 1 aromatic carbocycles. The molecule has 2 fully saturated rings. The molecule has 2 aliphatic rings. The second-order valence-electron chi connectivity index (χ2n) is 6.76. The normalized spacial score (nSPS) is 28.6. The predicted molar refractivity (Wildman–Crippen MR) is 114 cm³/mol. The Morgan fingerprint density at radius 2 is 2.12 bits per heavy atom. The van der Waals surface area contributed by atoms with E-state index in [9.17, 15) is 9.59 Å². The van der Waals surface area contributed by atoms with Gasteiger partial charge >= 0.3 is 5.97 Å². The third-order valence-electron chi connectivity index (χ3n) is 5.11. The van der Waals surface area contributed by atoms with E-state index in [1.165, 1.54) is 29.4 Å². The molecular formula is C19H12ClFN4O5S2. The fraction of sp³-hybridized carbons (Fsp3) is 0.263. The molecule has 32 heavy (non-hydrogen) atoms. The summed E-state index contributed by atoms with van der Waals surface area (Å²) in [5.74, 6) is 0.234. The first-order valence-electron chi connectivity index (χ1n) is 9.07. The van der Waals surface area contributed by atoms with Crippen LogP contribution in [0.15, 0.2) is 48.7 Å². The molecule has 5 rings (SSSR count). The lowest BCUT2D eigenvalue weighted by molar-refractivity contribution is -0.0665. The van der Waals surface area contributed by atoms with Crippen LogP contribution in [0.1, 0.15) is 10.4 Å². The van der Waals surface area contributed by atoms with Gasteiger partial charge in [-0.05, 0) is 18.4 Å². The van der Waals surface area contributed by atoms with E-state index in [2.05, 4.69) is 15.0 Å². The van der Waals surface area contributed by atoms with E-state index in [1.54, 1.807) is 30.4 Å². The highest BCUT2D eigenvalue weighted by Gasteiger charge is 2.76. The molecule has 0 spiro atoms. The van der Waals surface area contributed by atoms with Crippen LogP contribution in [0, 0.1) is 0 Å². The number of aromatic nitrogens is 4.